The number of aryl methyl sites for hydroxylation is 2. The molecule has 0 bridgehead atoms. The molecule has 8 heteroatoms. The van der Waals surface area contributed by atoms with Gasteiger partial charge in [0, 0.05) is 24.4 Å². The molecule has 1 heterocycles. The number of fused-ring (bicyclic) bond motifs is 1. The number of carbonyl (C=O) groups is 1. The summed E-state index contributed by atoms with van der Waals surface area (Å²) in [5.41, 5.74) is 5.39. The number of carbonyl (C=O) groups excluding carboxylic acids is 1. The maximum atomic E-state index is 12.7. The van der Waals surface area contributed by atoms with Gasteiger partial charge < -0.3 is 5.32 Å². The van der Waals surface area contributed by atoms with Crippen molar-refractivity contribution >= 4 is 32.4 Å². The molecule has 0 saturated heterocycles. The lowest BCUT2D eigenvalue weighted by Crippen LogP contribution is -2.19. The molecule has 2 N–H and O–H groups in total. The molecule has 0 unspecified atom stereocenters. The minimum absolute atomic E-state index is 0.133. The van der Waals surface area contributed by atoms with Crippen LogP contribution in [0, 0.1) is 0 Å². The van der Waals surface area contributed by atoms with Crippen molar-refractivity contribution in [2.45, 2.75) is 44.0 Å². The third-order valence-electron chi connectivity index (χ3n) is 5.15. The van der Waals surface area contributed by atoms with Gasteiger partial charge in [-0.15, -0.1) is 11.3 Å². The number of nitrogens with zero attached hydrogens (tertiary/aromatic N) is 1. The first kappa shape index (κ1) is 20.6. The molecule has 30 heavy (non-hydrogen) atoms. The maximum absolute atomic E-state index is 12.7. The van der Waals surface area contributed by atoms with Gasteiger partial charge in [-0.3, -0.25) is 9.52 Å². The molecule has 3 aromatic rings. The minimum atomic E-state index is -3.73. The number of benzene rings is 2. The Hall–Kier alpha value is -2.71. The monoisotopic (exact) mass is 441 g/mol. The van der Waals surface area contributed by atoms with E-state index >= 15 is 0 Å². The lowest BCUT2D eigenvalue weighted by Gasteiger charge is -2.16. The van der Waals surface area contributed by atoms with E-state index in [9.17, 15) is 13.2 Å². The van der Waals surface area contributed by atoms with Gasteiger partial charge in [0.15, 0.2) is 5.13 Å². The lowest BCUT2D eigenvalue weighted by molar-refractivity contribution is -0.119. The average Bonchev–Trinajstić information content (AvgIpc) is 3.20. The van der Waals surface area contributed by atoms with Crippen molar-refractivity contribution < 1.29 is 13.2 Å². The highest BCUT2D eigenvalue weighted by molar-refractivity contribution is 7.93. The van der Waals surface area contributed by atoms with Gasteiger partial charge in [0.2, 0.25) is 5.91 Å². The Balaban J connectivity index is 1.48. The summed E-state index contributed by atoms with van der Waals surface area (Å²) in [7, 11) is -3.73. The van der Waals surface area contributed by atoms with Gasteiger partial charge >= 0.3 is 0 Å². The minimum Gasteiger partial charge on any atom is -0.352 e. The molecule has 1 aliphatic rings. The van der Waals surface area contributed by atoms with Crippen molar-refractivity contribution in [3.8, 4) is 11.3 Å². The van der Waals surface area contributed by atoms with Crippen molar-refractivity contribution in [1.82, 2.24) is 10.3 Å². The third-order valence-corrected chi connectivity index (χ3v) is 7.39. The first-order valence-electron chi connectivity index (χ1n) is 9.85. The number of nitrogens with one attached hydrogen (secondary N) is 2. The summed E-state index contributed by atoms with van der Waals surface area (Å²) >= 11 is 1.27. The van der Waals surface area contributed by atoms with Crippen LogP contribution in [0.1, 0.15) is 36.5 Å². The van der Waals surface area contributed by atoms with Crippen LogP contribution < -0.4 is 10.0 Å². The Kier molecular flexibility index (Phi) is 5.87. The molecule has 0 aliphatic heterocycles. The number of hydrogen-bond acceptors (Lipinski definition) is 5. The average molecular weight is 442 g/mol. The van der Waals surface area contributed by atoms with E-state index in [4.69, 9.17) is 0 Å². The number of hydrogen-bond donors (Lipinski definition) is 2. The van der Waals surface area contributed by atoms with Crippen LogP contribution in [0.4, 0.5) is 5.13 Å². The quantitative estimate of drug-likeness (QED) is 0.602. The van der Waals surface area contributed by atoms with E-state index in [1.165, 1.54) is 54.4 Å². The molecule has 4 rings (SSSR count). The largest absolute Gasteiger partial charge is 0.352 e. The second kappa shape index (κ2) is 8.57. The van der Waals surface area contributed by atoms with E-state index in [0.717, 1.165) is 29.7 Å². The molecule has 156 valence electrons. The Morgan fingerprint density at radius 3 is 2.53 bits per heavy atom. The zero-order chi connectivity index (χ0) is 21.1. The normalized spacial score (nSPS) is 13.5. The molecular weight excluding hydrogens is 418 g/mol. The van der Waals surface area contributed by atoms with Crippen molar-refractivity contribution in [1.29, 1.82) is 0 Å². The summed E-state index contributed by atoms with van der Waals surface area (Å²) in [5.74, 6) is -0.133. The smallest absolute Gasteiger partial charge is 0.263 e. The molecule has 0 radical (unpaired) electrons. The van der Waals surface area contributed by atoms with Crippen molar-refractivity contribution in [2.75, 3.05) is 4.72 Å². The van der Waals surface area contributed by atoms with Crippen LogP contribution >= 0.6 is 11.3 Å². The van der Waals surface area contributed by atoms with Gasteiger partial charge in [-0.25, -0.2) is 13.4 Å². The summed E-state index contributed by atoms with van der Waals surface area (Å²) in [5, 5.41) is 4.90. The Bertz CT molecular complexity index is 1170. The van der Waals surface area contributed by atoms with Gasteiger partial charge in [0.05, 0.1) is 10.6 Å². The SMILES string of the molecule is CC(=O)NCc1ccc(S(=O)(=O)Nc2nc(-c3ccc4c(c3)CCCC4)cs2)cc1. The van der Waals surface area contributed by atoms with E-state index in [0.29, 0.717) is 11.7 Å². The topological polar surface area (TPSA) is 88.2 Å². The predicted octanol–water partition coefficient (Wildman–Crippen LogP) is 4.13. The number of sulfonamides is 1. The second-order valence-corrected chi connectivity index (χ2v) is 9.93. The van der Waals surface area contributed by atoms with Crippen LogP contribution in [0.15, 0.2) is 52.7 Å². The highest BCUT2D eigenvalue weighted by atomic mass is 32.2. The Morgan fingerprint density at radius 1 is 1.07 bits per heavy atom. The standard InChI is InChI=1S/C22H23N3O3S2/c1-15(26)23-13-16-6-10-20(11-7-16)30(27,28)25-22-24-21(14-29-22)19-9-8-17-4-2-3-5-18(17)12-19/h6-12,14H,2-5,13H2,1H3,(H,23,26)(H,24,25). The summed E-state index contributed by atoms with van der Waals surface area (Å²) in [6.45, 7) is 1.80. The van der Waals surface area contributed by atoms with Crippen LogP contribution in [0.2, 0.25) is 0 Å². The maximum Gasteiger partial charge on any atom is 0.263 e. The van der Waals surface area contributed by atoms with Crippen molar-refractivity contribution in [3.63, 3.8) is 0 Å². The molecule has 0 saturated carbocycles. The number of anilines is 1. The van der Waals surface area contributed by atoms with Crippen LogP contribution in [-0.2, 0) is 34.2 Å². The van der Waals surface area contributed by atoms with Crippen LogP contribution in [-0.4, -0.2) is 19.3 Å². The zero-order valence-electron chi connectivity index (χ0n) is 16.6. The summed E-state index contributed by atoms with van der Waals surface area (Å²) in [6, 6.07) is 12.8. The second-order valence-electron chi connectivity index (χ2n) is 7.39. The van der Waals surface area contributed by atoms with E-state index in [-0.39, 0.29) is 10.8 Å². The van der Waals surface area contributed by atoms with Crippen LogP contribution in [0.5, 0.6) is 0 Å². The van der Waals surface area contributed by atoms with Gasteiger partial charge in [-0.05, 0) is 60.6 Å². The van der Waals surface area contributed by atoms with E-state index in [1.54, 1.807) is 12.1 Å². The summed E-state index contributed by atoms with van der Waals surface area (Å²) < 4.78 is 28.0. The fourth-order valence-electron chi connectivity index (χ4n) is 3.53. The van der Waals surface area contributed by atoms with Crippen molar-refractivity contribution in [3.05, 3.63) is 64.5 Å². The number of rotatable bonds is 6. The van der Waals surface area contributed by atoms with E-state index < -0.39 is 10.0 Å². The fourth-order valence-corrected chi connectivity index (χ4v) is 5.51. The highest BCUT2D eigenvalue weighted by Crippen LogP contribution is 2.30. The van der Waals surface area contributed by atoms with Gasteiger partial charge in [-0.1, -0.05) is 24.3 Å². The predicted molar refractivity (Wildman–Crippen MR) is 119 cm³/mol. The number of aromatic nitrogens is 1. The Labute approximate surface area is 180 Å². The molecule has 1 amide bonds. The van der Waals surface area contributed by atoms with E-state index in [2.05, 4.69) is 33.2 Å². The van der Waals surface area contributed by atoms with Gasteiger partial charge in [0.25, 0.3) is 10.0 Å². The molecule has 0 spiro atoms. The third kappa shape index (κ3) is 4.71. The number of amides is 1. The summed E-state index contributed by atoms with van der Waals surface area (Å²) in [4.78, 5) is 15.6. The first-order chi connectivity index (χ1) is 14.4. The molecule has 0 fully saturated rings. The van der Waals surface area contributed by atoms with Crippen LogP contribution in [0.3, 0.4) is 0 Å². The Morgan fingerprint density at radius 2 is 1.80 bits per heavy atom. The first-order valence-corrected chi connectivity index (χ1v) is 12.2. The molecule has 2 aromatic carbocycles. The lowest BCUT2D eigenvalue weighted by atomic mass is 9.90. The highest BCUT2D eigenvalue weighted by Gasteiger charge is 2.17. The van der Waals surface area contributed by atoms with E-state index in [1.807, 2.05) is 5.38 Å². The molecule has 1 aromatic heterocycles. The fraction of sp³-hybridized carbons (Fsp3) is 0.273. The molecule has 0 atom stereocenters. The number of thiazole rings is 1. The van der Waals surface area contributed by atoms with Gasteiger partial charge in [0.1, 0.15) is 0 Å². The zero-order valence-corrected chi connectivity index (χ0v) is 18.3. The summed E-state index contributed by atoms with van der Waals surface area (Å²) in [6.07, 6.45) is 4.66. The molecule has 1 aliphatic carbocycles. The van der Waals surface area contributed by atoms with Crippen molar-refractivity contribution in [2.24, 2.45) is 0 Å². The molecule has 6 nitrogen and oxygen atoms in total. The molecular formula is C22H23N3O3S2. The van der Waals surface area contributed by atoms with Gasteiger partial charge in [-0.2, -0.15) is 0 Å². The van der Waals surface area contributed by atoms with Crippen LogP contribution in [0.25, 0.3) is 11.3 Å².